The van der Waals surface area contributed by atoms with Crippen molar-refractivity contribution in [3.8, 4) is 0 Å². The number of aliphatic carboxylic acids is 1. The molecule has 0 saturated carbocycles. The van der Waals surface area contributed by atoms with Crippen molar-refractivity contribution in [3.05, 3.63) is 36.0 Å². The number of carboxylic acid groups (broad SMARTS) is 1. The van der Waals surface area contributed by atoms with E-state index >= 15 is 0 Å². The number of benzene rings is 1. The Morgan fingerprint density at radius 3 is 2.35 bits per heavy atom. The van der Waals surface area contributed by atoms with Crippen molar-refractivity contribution in [1.29, 1.82) is 0 Å². The third-order valence-corrected chi connectivity index (χ3v) is 3.34. The summed E-state index contributed by atoms with van der Waals surface area (Å²) in [5, 5.41) is 12.0. The number of aromatic nitrogens is 1. The summed E-state index contributed by atoms with van der Waals surface area (Å²) < 4.78 is 0. The Labute approximate surface area is 152 Å². The summed E-state index contributed by atoms with van der Waals surface area (Å²) in [7, 11) is 1.50. The molecule has 0 aliphatic heterocycles. The van der Waals surface area contributed by atoms with Crippen LogP contribution >= 0.6 is 0 Å². The molecule has 0 aliphatic rings. The highest BCUT2D eigenvalue weighted by Crippen LogP contribution is 2.19. The van der Waals surface area contributed by atoms with E-state index < -0.39 is 23.8 Å². The zero-order chi connectivity index (χ0) is 20.1. The van der Waals surface area contributed by atoms with E-state index in [0.29, 0.717) is 0 Å². The smallest absolute Gasteiger partial charge is 0.303 e. The lowest BCUT2D eigenvalue weighted by molar-refractivity contribution is -0.139. The van der Waals surface area contributed by atoms with Crippen LogP contribution in [0.25, 0.3) is 10.9 Å². The normalized spacial score (nSPS) is 10.6. The molecule has 144 valence electrons. The van der Waals surface area contributed by atoms with Crippen molar-refractivity contribution in [2.24, 2.45) is 11.5 Å². The number of H-pyrrole nitrogens is 1. The van der Waals surface area contributed by atoms with Crippen LogP contribution in [0.4, 0.5) is 0 Å². The first kappa shape index (κ1) is 23.1. The lowest BCUT2D eigenvalue weighted by Gasteiger charge is -2.15. The number of hydrogen-bond donors (Lipinski definition) is 5. The number of para-hydroxylation sites is 1. The first-order valence-electron chi connectivity index (χ1n) is 8.40. The molecule has 26 heavy (non-hydrogen) atoms. The molecule has 0 fully saturated rings. The van der Waals surface area contributed by atoms with E-state index in [9.17, 15) is 14.4 Å². The van der Waals surface area contributed by atoms with Crippen LogP contribution in [0, 0.1) is 0 Å². The summed E-state index contributed by atoms with van der Waals surface area (Å²) in [5.74, 6) is -2.23. The van der Waals surface area contributed by atoms with Crippen molar-refractivity contribution in [2.45, 2.75) is 39.2 Å². The van der Waals surface area contributed by atoms with E-state index in [2.05, 4.69) is 16.0 Å². The lowest BCUT2D eigenvalue weighted by Crippen LogP contribution is -2.45. The molecular weight excluding hydrogens is 336 g/mol. The fraction of sp³-hybridized carbons (Fsp3) is 0.389. The van der Waals surface area contributed by atoms with Crippen molar-refractivity contribution in [2.75, 3.05) is 7.05 Å². The van der Waals surface area contributed by atoms with E-state index in [4.69, 9.17) is 10.8 Å². The van der Waals surface area contributed by atoms with Gasteiger partial charge in [0.05, 0.1) is 6.42 Å². The van der Waals surface area contributed by atoms with Gasteiger partial charge in [-0.25, -0.2) is 0 Å². The average molecular weight is 364 g/mol. The SMILES string of the molecule is CC.CN.NC(=O)C(Cc1c[nH]c2ccccc12)NC(=O)CCC(=O)O. The Balaban J connectivity index is 0.00000146. The summed E-state index contributed by atoms with van der Waals surface area (Å²) in [6, 6.07) is 6.71. The number of amides is 2. The quantitative estimate of drug-likeness (QED) is 0.499. The lowest BCUT2D eigenvalue weighted by atomic mass is 10.0. The Morgan fingerprint density at radius 2 is 1.77 bits per heavy atom. The predicted octanol–water partition coefficient (Wildman–Crippen LogP) is 1.15. The predicted molar refractivity (Wildman–Crippen MR) is 101 cm³/mol. The summed E-state index contributed by atoms with van der Waals surface area (Å²) in [4.78, 5) is 36.7. The minimum Gasteiger partial charge on any atom is -0.481 e. The molecule has 7 N–H and O–H groups in total. The first-order chi connectivity index (χ1) is 12.5. The minimum atomic E-state index is -1.07. The van der Waals surface area contributed by atoms with Crippen molar-refractivity contribution in [1.82, 2.24) is 10.3 Å². The summed E-state index contributed by atoms with van der Waals surface area (Å²) in [5.41, 5.74) is 11.6. The zero-order valence-electron chi connectivity index (χ0n) is 15.4. The van der Waals surface area contributed by atoms with E-state index in [1.165, 1.54) is 7.05 Å². The fourth-order valence-electron chi connectivity index (χ4n) is 2.23. The maximum absolute atomic E-state index is 11.7. The molecule has 2 rings (SSSR count). The average Bonchev–Trinajstić information content (AvgIpc) is 3.06. The maximum atomic E-state index is 11.7. The van der Waals surface area contributed by atoms with Gasteiger partial charge >= 0.3 is 5.97 Å². The van der Waals surface area contributed by atoms with E-state index in [-0.39, 0.29) is 19.3 Å². The number of nitrogens with two attached hydrogens (primary N) is 2. The van der Waals surface area contributed by atoms with Gasteiger partial charge in [-0.1, -0.05) is 32.0 Å². The van der Waals surface area contributed by atoms with Crippen molar-refractivity contribution < 1.29 is 19.5 Å². The van der Waals surface area contributed by atoms with Gasteiger partial charge in [0.25, 0.3) is 0 Å². The van der Waals surface area contributed by atoms with Gasteiger partial charge in [0.2, 0.25) is 11.8 Å². The Kier molecular flexibility index (Phi) is 11.1. The fourth-order valence-corrected chi connectivity index (χ4v) is 2.23. The third kappa shape index (κ3) is 7.35. The van der Waals surface area contributed by atoms with Crippen molar-refractivity contribution in [3.63, 3.8) is 0 Å². The van der Waals surface area contributed by atoms with Gasteiger partial charge in [-0.05, 0) is 18.7 Å². The van der Waals surface area contributed by atoms with Crippen LogP contribution in [-0.4, -0.2) is 41.0 Å². The number of carboxylic acids is 1. The van der Waals surface area contributed by atoms with Crippen LogP contribution in [0.2, 0.25) is 0 Å². The van der Waals surface area contributed by atoms with Gasteiger partial charge < -0.3 is 26.9 Å². The highest BCUT2D eigenvalue weighted by molar-refractivity contribution is 5.89. The van der Waals surface area contributed by atoms with Crippen molar-refractivity contribution >= 4 is 28.7 Å². The molecular formula is C18H28N4O4. The van der Waals surface area contributed by atoms with Crippen LogP contribution in [-0.2, 0) is 20.8 Å². The Hall–Kier alpha value is -2.87. The van der Waals surface area contributed by atoms with Gasteiger partial charge in [-0.15, -0.1) is 0 Å². The summed E-state index contributed by atoms with van der Waals surface area (Å²) in [6.07, 6.45) is 1.54. The number of nitrogens with one attached hydrogen (secondary N) is 2. The highest BCUT2D eigenvalue weighted by atomic mass is 16.4. The number of primary amides is 1. The van der Waals surface area contributed by atoms with Crippen LogP contribution in [0.1, 0.15) is 32.3 Å². The number of carbonyl (C=O) groups excluding carboxylic acids is 2. The molecule has 2 amide bonds. The third-order valence-electron chi connectivity index (χ3n) is 3.34. The zero-order valence-corrected chi connectivity index (χ0v) is 15.4. The number of hydrogen-bond acceptors (Lipinski definition) is 4. The van der Waals surface area contributed by atoms with Gasteiger partial charge in [-0.2, -0.15) is 0 Å². The number of fused-ring (bicyclic) bond motifs is 1. The second kappa shape index (κ2) is 12.5. The van der Waals surface area contributed by atoms with Crippen LogP contribution in [0.3, 0.4) is 0 Å². The molecule has 0 spiro atoms. The van der Waals surface area contributed by atoms with Crippen LogP contribution in [0.15, 0.2) is 30.5 Å². The summed E-state index contributed by atoms with van der Waals surface area (Å²) >= 11 is 0. The monoisotopic (exact) mass is 364 g/mol. The van der Waals surface area contributed by atoms with E-state index in [0.717, 1.165) is 16.5 Å². The molecule has 1 atom stereocenters. The maximum Gasteiger partial charge on any atom is 0.303 e. The standard InChI is InChI=1S/C15H17N3O4.C2H6.CH5N/c16-15(22)12(18-13(19)5-6-14(20)21)7-9-8-17-11-4-2-1-3-10(9)11;2*1-2/h1-4,8,12,17H,5-7H2,(H2,16,22)(H,18,19)(H,20,21);1-2H3;2H2,1H3. The second-order valence-electron chi connectivity index (χ2n) is 4.98. The molecule has 0 aliphatic carbocycles. The van der Waals surface area contributed by atoms with Gasteiger partial charge in [0.15, 0.2) is 0 Å². The van der Waals surface area contributed by atoms with E-state index in [1.54, 1.807) is 6.20 Å². The molecule has 1 heterocycles. The number of aromatic amines is 1. The molecule has 0 radical (unpaired) electrons. The Morgan fingerprint density at radius 1 is 1.15 bits per heavy atom. The minimum absolute atomic E-state index is 0.188. The molecule has 0 bridgehead atoms. The molecule has 1 aromatic heterocycles. The number of rotatable bonds is 7. The van der Waals surface area contributed by atoms with Crippen LogP contribution in [0.5, 0.6) is 0 Å². The van der Waals surface area contributed by atoms with Gasteiger partial charge in [0, 0.05) is 29.9 Å². The Bertz CT molecular complexity index is 712. The van der Waals surface area contributed by atoms with Gasteiger partial charge in [-0.3, -0.25) is 14.4 Å². The largest absolute Gasteiger partial charge is 0.481 e. The van der Waals surface area contributed by atoms with Gasteiger partial charge in [0.1, 0.15) is 6.04 Å². The molecule has 2 aromatic rings. The highest BCUT2D eigenvalue weighted by Gasteiger charge is 2.20. The molecule has 0 saturated heterocycles. The van der Waals surface area contributed by atoms with Crippen LogP contribution < -0.4 is 16.8 Å². The summed E-state index contributed by atoms with van der Waals surface area (Å²) in [6.45, 7) is 4.00. The first-order valence-corrected chi connectivity index (χ1v) is 8.40. The van der Waals surface area contributed by atoms with E-state index in [1.807, 2.05) is 38.1 Å². The second-order valence-corrected chi connectivity index (χ2v) is 4.98. The molecule has 1 unspecified atom stereocenters. The topological polar surface area (TPSA) is 151 Å². The molecule has 1 aromatic carbocycles. The number of carbonyl (C=O) groups is 3. The molecule has 8 nitrogen and oxygen atoms in total. The molecule has 8 heteroatoms.